The summed E-state index contributed by atoms with van der Waals surface area (Å²) in [4.78, 5) is 32.3. The third-order valence-corrected chi connectivity index (χ3v) is 6.75. The van der Waals surface area contributed by atoms with E-state index < -0.39 is 17.9 Å². The van der Waals surface area contributed by atoms with Gasteiger partial charge in [0.15, 0.2) is 0 Å². The molecule has 0 atom stereocenters. The standard InChI is InChI=1S/3C12H10O2/c1-8-2-3-10-7-11(12(13)14)5-4-9(10)6-8;1-8-2-3-9-4-5-10(12(13)14)7-11(9)6-8;1-8-5-6-10-9(7-8)3-2-4-11(10)12(13)14/h3*2-7H,1H3,(H,13,14). The van der Waals surface area contributed by atoms with E-state index in [2.05, 4.69) is 0 Å². The zero-order valence-electron chi connectivity index (χ0n) is 23.5. The van der Waals surface area contributed by atoms with Crippen molar-refractivity contribution >= 4 is 50.2 Å². The lowest BCUT2D eigenvalue weighted by Crippen LogP contribution is -1.96. The van der Waals surface area contributed by atoms with Crippen molar-refractivity contribution in [1.29, 1.82) is 0 Å². The molecule has 0 spiro atoms. The molecule has 6 aromatic rings. The van der Waals surface area contributed by atoms with E-state index in [1.807, 2.05) is 93.6 Å². The van der Waals surface area contributed by atoms with Crippen molar-refractivity contribution in [1.82, 2.24) is 0 Å². The number of benzene rings is 6. The molecular weight excluding hydrogens is 528 g/mol. The topological polar surface area (TPSA) is 112 Å². The third kappa shape index (κ3) is 7.17. The van der Waals surface area contributed by atoms with E-state index in [0.29, 0.717) is 16.7 Å². The number of aryl methyl sites for hydroxylation is 3. The molecule has 6 rings (SSSR count). The maximum Gasteiger partial charge on any atom is 0.336 e. The number of carboxylic acid groups (broad SMARTS) is 3. The molecular formula is C36H30O6. The van der Waals surface area contributed by atoms with Crippen LogP contribution in [0.15, 0.2) is 109 Å². The Morgan fingerprint density at radius 1 is 0.429 bits per heavy atom. The first kappa shape index (κ1) is 29.5. The van der Waals surface area contributed by atoms with Crippen LogP contribution in [-0.2, 0) is 0 Å². The number of hydrogen-bond donors (Lipinski definition) is 3. The predicted molar refractivity (Wildman–Crippen MR) is 167 cm³/mol. The van der Waals surface area contributed by atoms with Crippen LogP contribution in [-0.4, -0.2) is 33.2 Å². The fourth-order valence-electron chi connectivity index (χ4n) is 4.59. The van der Waals surface area contributed by atoms with Crippen LogP contribution in [0, 0.1) is 20.8 Å². The van der Waals surface area contributed by atoms with Crippen LogP contribution in [0.1, 0.15) is 47.8 Å². The molecule has 0 saturated heterocycles. The van der Waals surface area contributed by atoms with Gasteiger partial charge in [0, 0.05) is 0 Å². The largest absolute Gasteiger partial charge is 0.478 e. The molecule has 0 radical (unpaired) electrons. The average molecular weight is 559 g/mol. The van der Waals surface area contributed by atoms with Crippen molar-refractivity contribution < 1.29 is 29.7 Å². The molecule has 6 nitrogen and oxygen atoms in total. The lowest BCUT2D eigenvalue weighted by Gasteiger charge is -2.02. The third-order valence-electron chi connectivity index (χ3n) is 6.75. The smallest absolute Gasteiger partial charge is 0.336 e. The van der Waals surface area contributed by atoms with E-state index in [4.69, 9.17) is 15.3 Å². The van der Waals surface area contributed by atoms with Crippen LogP contribution in [0.25, 0.3) is 32.3 Å². The van der Waals surface area contributed by atoms with Gasteiger partial charge in [0.25, 0.3) is 0 Å². The summed E-state index contributed by atoms with van der Waals surface area (Å²) in [5.74, 6) is -2.64. The van der Waals surface area contributed by atoms with Crippen molar-refractivity contribution in [2.24, 2.45) is 0 Å². The second-order valence-electron chi connectivity index (χ2n) is 10.1. The molecule has 0 aliphatic carbocycles. The zero-order chi connectivity index (χ0) is 30.4. The molecule has 0 aliphatic rings. The number of hydrogen-bond acceptors (Lipinski definition) is 3. The van der Waals surface area contributed by atoms with E-state index in [-0.39, 0.29) is 0 Å². The lowest BCUT2D eigenvalue weighted by molar-refractivity contribution is 0.0686. The number of aromatic carboxylic acids is 3. The highest BCUT2D eigenvalue weighted by atomic mass is 16.4. The molecule has 0 aromatic heterocycles. The molecule has 210 valence electrons. The Hall–Kier alpha value is -5.49. The summed E-state index contributed by atoms with van der Waals surface area (Å²) in [5.41, 5.74) is 4.49. The van der Waals surface area contributed by atoms with Crippen molar-refractivity contribution in [3.8, 4) is 0 Å². The Morgan fingerprint density at radius 2 is 0.881 bits per heavy atom. The summed E-state index contributed by atoms with van der Waals surface area (Å²) in [6.07, 6.45) is 0. The first-order valence-electron chi connectivity index (χ1n) is 13.2. The first-order valence-corrected chi connectivity index (χ1v) is 13.2. The summed E-state index contributed by atoms with van der Waals surface area (Å²) in [6, 6.07) is 33.4. The Labute approximate surface area is 243 Å². The Balaban J connectivity index is 0.000000145. The van der Waals surface area contributed by atoms with E-state index in [1.165, 1.54) is 5.56 Å². The SMILES string of the molecule is Cc1ccc2c(C(=O)O)cccc2c1.Cc1ccc2cc(C(=O)O)ccc2c1.Cc1ccc2ccc(C(=O)O)cc2c1. The minimum Gasteiger partial charge on any atom is -0.478 e. The summed E-state index contributed by atoms with van der Waals surface area (Å²) in [5, 5.41) is 32.4. The maximum atomic E-state index is 10.9. The quantitative estimate of drug-likeness (QED) is 0.201. The van der Waals surface area contributed by atoms with Gasteiger partial charge in [-0.05, 0) is 83.4 Å². The molecule has 3 N–H and O–H groups in total. The van der Waals surface area contributed by atoms with Crippen LogP contribution in [0.5, 0.6) is 0 Å². The molecule has 0 unspecified atom stereocenters. The van der Waals surface area contributed by atoms with Gasteiger partial charge in [-0.25, -0.2) is 14.4 Å². The van der Waals surface area contributed by atoms with Gasteiger partial charge in [-0.2, -0.15) is 0 Å². The van der Waals surface area contributed by atoms with Crippen molar-refractivity contribution in [2.45, 2.75) is 20.8 Å². The van der Waals surface area contributed by atoms with Gasteiger partial charge < -0.3 is 15.3 Å². The second kappa shape index (κ2) is 12.8. The van der Waals surface area contributed by atoms with Gasteiger partial charge in [0.2, 0.25) is 0 Å². The van der Waals surface area contributed by atoms with E-state index in [1.54, 1.807) is 36.4 Å². The molecule has 42 heavy (non-hydrogen) atoms. The van der Waals surface area contributed by atoms with Crippen molar-refractivity contribution in [3.63, 3.8) is 0 Å². The molecule has 6 heteroatoms. The van der Waals surface area contributed by atoms with Gasteiger partial charge in [-0.15, -0.1) is 0 Å². The highest BCUT2D eigenvalue weighted by Gasteiger charge is 2.07. The number of fused-ring (bicyclic) bond motifs is 3. The van der Waals surface area contributed by atoms with E-state index in [9.17, 15) is 14.4 Å². The zero-order valence-corrected chi connectivity index (χ0v) is 23.5. The lowest BCUT2D eigenvalue weighted by atomic mass is 10.0. The van der Waals surface area contributed by atoms with Gasteiger partial charge in [-0.1, -0.05) is 95.6 Å². The van der Waals surface area contributed by atoms with E-state index in [0.717, 1.165) is 43.4 Å². The highest BCUT2D eigenvalue weighted by molar-refractivity contribution is 6.03. The number of rotatable bonds is 3. The molecule has 0 saturated carbocycles. The Bertz CT molecular complexity index is 1950. The molecule has 6 aromatic carbocycles. The highest BCUT2D eigenvalue weighted by Crippen LogP contribution is 2.21. The average Bonchev–Trinajstić information content (AvgIpc) is 2.96. The number of carbonyl (C=O) groups is 3. The van der Waals surface area contributed by atoms with Gasteiger partial charge in [0.1, 0.15) is 0 Å². The van der Waals surface area contributed by atoms with Crippen LogP contribution < -0.4 is 0 Å². The minimum atomic E-state index is -0.882. The molecule has 0 aliphatic heterocycles. The fraction of sp³-hybridized carbons (Fsp3) is 0.0833. The van der Waals surface area contributed by atoms with Gasteiger partial charge in [0.05, 0.1) is 16.7 Å². The van der Waals surface area contributed by atoms with Gasteiger partial charge in [-0.3, -0.25) is 0 Å². The van der Waals surface area contributed by atoms with Crippen LogP contribution in [0.3, 0.4) is 0 Å². The number of carboxylic acids is 3. The summed E-state index contributed by atoms with van der Waals surface area (Å²) < 4.78 is 0. The Kier molecular flexibility index (Phi) is 8.98. The fourth-order valence-corrected chi connectivity index (χ4v) is 4.59. The monoisotopic (exact) mass is 558 g/mol. The maximum absolute atomic E-state index is 10.9. The Morgan fingerprint density at radius 3 is 1.48 bits per heavy atom. The predicted octanol–water partition coefficient (Wildman–Crippen LogP) is 8.54. The molecule has 0 amide bonds. The molecule has 0 bridgehead atoms. The summed E-state index contributed by atoms with van der Waals surface area (Å²) >= 11 is 0. The molecule has 0 heterocycles. The van der Waals surface area contributed by atoms with Crippen LogP contribution in [0.4, 0.5) is 0 Å². The van der Waals surface area contributed by atoms with Crippen molar-refractivity contribution in [2.75, 3.05) is 0 Å². The minimum absolute atomic E-state index is 0.335. The summed E-state index contributed by atoms with van der Waals surface area (Å²) in [7, 11) is 0. The normalized spacial score (nSPS) is 10.4. The second-order valence-corrected chi connectivity index (χ2v) is 10.1. The van der Waals surface area contributed by atoms with Crippen LogP contribution in [0.2, 0.25) is 0 Å². The first-order chi connectivity index (χ1) is 20.0. The van der Waals surface area contributed by atoms with E-state index >= 15 is 0 Å². The van der Waals surface area contributed by atoms with Crippen molar-refractivity contribution in [3.05, 3.63) is 143 Å². The summed E-state index contributed by atoms with van der Waals surface area (Å²) in [6.45, 7) is 6.00. The van der Waals surface area contributed by atoms with Gasteiger partial charge >= 0.3 is 17.9 Å². The van der Waals surface area contributed by atoms with Crippen LogP contribution >= 0.6 is 0 Å². The molecule has 0 fully saturated rings.